The molecule has 1 aromatic heterocycles. The van der Waals surface area contributed by atoms with Crippen LogP contribution >= 0.6 is 0 Å². The number of carbonyl (C=O) groups excluding carboxylic acids is 1. The largest absolute Gasteiger partial charge is 0.496 e. The number of para-hydroxylation sites is 1. The Kier molecular flexibility index (Phi) is 5.88. The molecule has 1 aliphatic rings. The monoisotopic (exact) mass is 404 g/mol. The molecule has 156 valence electrons. The first kappa shape index (κ1) is 20.2. The Morgan fingerprint density at radius 1 is 1.10 bits per heavy atom. The van der Waals surface area contributed by atoms with E-state index in [9.17, 15) is 9.59 Å². The molecule has 0 unspecified atom stereocenters. The predicted octanol–water partition coefficient (Wildman–Crippen LogP) is 4.82. The molecule has 1 fully saturated rings. The van der Waals surface area contributed by atoms with E-state index in [1.54, 1.807) is 19.2 Å². The lowest BCUT2D eigenvalue weighted by Gasteiger charge is -2.34. The van der Waals surface area contributed by atoms with Crippen LogP contribution in [-0.4, -0.2) is 28.9 Å². The van der Waals surface area contributed by atoms with Crippen molar-refractivity contribution in [3.05, 3.63) is 75.6 Å². The van der Waals surface area contributed by atoms with Gasteiger partial charge in [-0.05, 0) is 55.0 Å². The number of fused-ring (bicyclic) bond motifs is 1. The van der Waals surface area contributed by atoms with Gasteiger partial charge >= 0.3 is 0 Å². The average Bonchev–Trinajstić information content (AvgIpc) is 2.77. The minimum absolute atomic E-state index is 0.0808. The molecule has 4 rings (SSSR count). The number of aromatic amines is 1. The van der Waals surface area contributed by atoms with Gasteiger partial charge in [-0.3, -0.25) is 9.59 Å². The maximum atomic E-state index is 13.6. The van der Waals surface area contributed by atoms with Gasteiger partial charge in [-0.2, -0.15) is 0 Å². The van der Waals surface area contributed by atoms with Gasteiger partial charge in [-0.1, -0.05) is 43.5 Å². The molecule has 1 aliphatic carbocycles. The van der Waals surface area contributed by atoms with Gasteiger partial charge < -0.3 is 14.6 Å². The van der Waals surface area contributed by atoms with Gasteiger partial charge in [0.1, 0.15) is 5.75 Å². The summed E-state index contributed by atoms with van der Waals surface area (Å²) in [5.74, 6) is 0.481. The summed E-state index contributed by atoms with van der Waals surface area (Å²) in [6, 6.07) is 15.4. The normalized spacial score (nSPS) is 14.6. The highest BCUT2D eigenvalue weighted by molar-refractivity contribution is 5.97. The Labute approximate surface area is 176 Å². The van der Waals surface area contributed by atoms with E-state index in [1.165, 1.54) is 6.42 Å². The van der Waals surface area contributed by atoms with Crippen LogP contribution in [0.5, 0.6) is 5.75 Å². The van der Waals surface area contributed by atoms with Crippen LogP contribution in [0.3, 0.4) is 0 Å². The van der Waals surface area contributed by atoms with Crippen molar-refractivity contribution >= 4 is 16.8 Å². The number of nitrogens with zero attached hydrogens (tertiary/aromatic N) is 1. The Balaban J connectivity index is 1.72. The van der Waals surface area contributed by atoms with Crippen molar-refractivity contribution in [1.29, 1.82) is 0 Å². The lowest BCUT2D eigenvalue weighted by molar-refractivity contribution is 0.0610. The molecule has 1 heterocycles. The zero-order valence-electron chi connectivity index (χ0n) is 17.6. The van der Waals surface area contributed by atoms with E-state index in [0.717, 1.165) is 42.1 Å². The van der Waals surface area contributed by atoms with E-state index >= 15 is 0 Å². The Morgan fingerprint density at radius 2 is 1.87 bits per heavy atom. The number of pyridine rings is 1. The fourth-order valence-corrected chi connectivity index (χ4v) is 4.40. The molecule has 0 bridgehead atoms. The van der Waals surface area contributed by atoms with Crippen molar-refractivity contribution in [1.82, 2.24) is 9.88 Å². The van der Waals surface area contributed by atoms with Crippen LogP contribution in [0.1, 0.15) is 53.6 Å². The third kappa shape index (κ3) is 4.11. The fourth-order valence-electron chi connectivity index (χ4n) is 4.40. The first-order valence-corrected chi connectivity index (χ1v) is 10.6. The third-order valence-electron chi connectivity index (χ3n) is 6.03. The Bertz CT molecular complexity index is 1110. The number of hydrogen-bond donors (Lipinski definition) is 1. The lowest BCUT2D eigenvalue weighted by atomic mass is 9.93. The highest BCUT2D eigenvalue weighted by atomic mass is 16.5. The number of benzene rings is 2. The summed E-state index contributed by atoms with van der Waals surface area (Å²) in [6.45, 7) is 2.29. The van der Waals surface area contributed by atoms with Crippen molar-refractivity contribution in [3.8, 4) is 5.75 Å². The highest BCUT2D eigenvalue weighted by Gasteiger charge is 2.28. The van der Waals surface area contributed by atoms with Crippen LogP contribution in [0.15, 0.2) is 53.3 Å². The van der Waals surface area contributed by atoms with E-state index < -0.39 is 0 Å². The molecule has 1 N–H and O–H groups in total. The summed E-state index contributed by atoms with van der Waals surface area (Å²) in [6.07, 6.45) is 5.34. The molecule has 5 nitrogen and oxygen atoms in total. The highest BCUT2D eigenvalue weighted by Crippen LogP contribution is 2.28. The second-order valence-corrected chi connectivity index (χ2v) is 8.14. The molecule has 0 atom stereocenters. The number of amides is 1. The fraction of sp³-hybridized carbons (Fsp3) is 0.360. The summed E-state index contributed by atoms with van der Waals surface area (Å²) >= 11 is 0. The molecule has 3 aromatic rings. The van der Waals surface area contributed by atoms with Crippen molar-refractivity contribution in [2.24, 2.45) is 0 Å². The quantitative estimate of drug-likeness (QED) is 0.663. The molecule has 1 saturated carbocycles. The molecule has 0 saturated heterocycles. The van der Waals surface area contributed by atoms with Crippen molar-refractivity contribution in [3.63, 3.8) is 0 Å². The molecule has 2 aromatic carbocycles. The van der Waals surface area contributed by atoms with Gasteiger partial charge in [0.25, 0.3) is 11.5 Å². The molecular formula is C25H28N2O3. The number of methoxy groups -OCH3 is 1. The smallest absolute Gasteiger partial charge is 0.258 e. The third-order valence-corrected chi connectivity index (χ3v) is 6.03. The van der Waals surface area contributed by atoms with Crippen LogP contribution in [0, 0.1) is 6.92 Å². The maximum absolute atomic E-state index is 13.6. The molecule has 1 amide bonds. The van der Waals surface area contributed by atoms with Crippen molar-refractivity contribution in [2.45, 2.75) is 51.6 Å². The van der Waals surface area contributed by atoms with E-state index in [0.29, 0.717) is 23.4 Å². The summed E-state index contributed by atoms with van der Waals surface area (Å²) in [5, 5.41) is 0.975. The standard InChI is InChI=1S/C25H28N2O3/c1-17-12-13-18-15-19(24(28)26-22(18)14-17)16-27(20-8-4-3-5-9-20)25(29)21-10-6-7-11-23(21)30-2/h6-7,10-15,20H,3-5,8-9,16H2,1-2H3,(H,26,28). The van der Waals surface area contributed by atoms with Gasteiger partial charge in [0.05, 0.1) is 19.2 Å². The van der Waals surface area contributed by atoms with Gasteiger partial charge in [0.2, 0.25) is 0 Å². The first-order chi connectivity index (χ1) is 14.6. The molecule has 5 heteroatoms. The zero-order chi connectivity index (χ0) is 21.1. The second kappa shape index (κ2) is 8.74. The first-order valence-electron chi connectivity index (χ1n) is 10.6. The van der Waals surface area contributed by atoms with Crippen LogP contribution in [-0.2, 0) is 6.54 Å². The minimum atomic E-state index is -0.137. The number of aromatic nitrogens is 1. The zero-order valence-corrected chi connectivity index (χ0v) is 17.6. The van der Waals surface area contributed by atoms with E-state index in [-0.39, 0.29) is 17.5 Å². The van der Waals surface area contributed by atoms with E-state index in [1.807, 2.05) is 48.2 Å². The Morgan fingerprint density at radius 3 is 2.63 bits per heavy atom. The molecule has 0 aliphatic heterocycles. The lowest BCUT2D eigenvalue weighted by Crippen LogP contribution is -2.42. The second-order valence-electron chi connectivity index (χ2n) is 8.14. The van der Waals surface area contributed by atoms with E-state index in [2.05, 4.69) is 4.98 Å². The number of rotatable bonds is 5. The Hall–Kier alpha value is -3.08. The molecule has 0 spiro atoms. The van der Waals surface area contributed by atoms with E-state index in [4.69, 9.17) is 4.74 Å². The minimum Gasteiger partial charge on any atom is -0.496 e. The average molecular weight is 405 g/mol. The number of carbonyl (C=O) groups is 1. The van der Waals surface area contributed by atoms with Gasteiger partial charge in [0, 0.05) is 17.1 Å². The van der Waals surface area contributed by atoms with Crippen molar-refractivity contribution in [2.75, 3.05) is 7.11 Å². The van der Waals surface area contributed by atoms with Crippen LogP contribution < -0.4 is 10.3 Å². The van der Waals surface area contributed by atoms with Crippen LogP contribution in [0.2, 0.25) is 0 Å². The van der Waals surface area contributed by atoms with Gasteiger partial charge in [0.15, 0.2) is 0 Å². The summed E-state index contributed by atoms with van der Waals surface area (Å²) in [4.78, 5) is 31.3. The number of nitrogens with one attached hydrogen (secondary N) is 1. The maximum Gasteiger partial charge on any atom is 0.258 e. The van der Waals surface area contributed by atoms with Gasteiger partial charge in [-0.15, -0.1) is 0 Å². The molecular weight excluding hydrogens is 376 g/mol. The SMILES string of the molecule is COc1ccccc1C(=O)N(Cc1cc2ccc(C)cc2[nH]c1=O)C1CCCCC1. The summed E-state index contributed by atoms with van der Waals surface area (Å²) in [5.41, 5.74) is 2.94. The summed E-state index contributed by atoms with van der Waals surface area (Å²) < 4.78 is 5.43. The number of ether oxygens (including phenoxy) is 1. The molecule has 30 heavy (non-hydrogen) atoms. The summed E-state index contributed by atoms with van der Waals surface area (Å²) in [7, 11) is 1.58. The topological polar surface area (TPSA) is 62.4 Å². The number of aryl methyl sites for hydroxylation is 1. The van der Waals surface area contributed by atoms with Crippen LogP contribution in [0.4, 0.5) is 0 Å². The van der Waals surface area contributed by atoms with Crippen LogP contribution in [0.25, 0.3) is 10.9 Å². The molecule has 0 radical (unpaired) electrons. The van der Waals surface area contributed by atoms with Gasteiger partial charge in [-0.25, -0.2) is 0 Å². The number of H-pyrrole nitrogens is 1. The van der Waals surface area contributed by atoms with Crippen molar-refractivity contribution < 1.29 is 9.53 Å². The number of hydrogen-bond acceptors (Lipinski definition) is 3. The predicted molar refractivity (Wildman–Crippen MR) is 119 cm³/mol.